The van der Waals surface area contributed by atoms with Crippen molar-refractivity contribution in [1.29, 1.82) is 5.26 Å². The van der Waals surface area contributed by atoms with Crippen molar-refractivity contribution >= 4 is 0 Å². The molecule has 1 aliphatic rings. The van der Waals surface area contributed by atoms with Crippen LogP contribution in [0.1, 0.15) is 25.7 Å². The molecule has 3 heteroatoms. The van der Waals surface area contributed by atoms with Crippen LogP contribution in [0.2, 0.25) is 0 Å². The van der Waals surface area contributed by atoms with E-state index in [0.29, 0.717) is 12.3 Å². The molecule has 1 rings (SSSR count). The van der Waals surface area contributed by atoms with Crippen LogP contribution in [-0.2, 0) is 4.74 Å². The highest BCUT2D eigenvalue weighted by molar-refractivity contribution is 4.79. The average Bonchev–Trinajstić information content (AvgIpc) is 2.15. The summed E-state index contributed by atoms with van der Waals surface area (Å²) >= 11 is 0. The van der Waals surface area contributed by atoms with Crippen molar-refractivity contribution in [1.82, 2.24) is 0 Å². The van der Waals surface area contributed by atoms with Crippen LogP contribution in [0.15, 0.2) is 0 Å². The summed E-state index contributed by atoms with van der Waals surface area (Å²) in [4.78, 5) is 0. The summed E-state index contributed by atoms with van der Waals surface area (Å²) in [6.07, 6.45) is 3.54. The Kier molecular flexibility index (Phi) is 4.06. The van der Waals surface area contributed by atoms with Gasteiger partial charge in [0, 0.05) is 25.7 Å². The third-order valence-corrected chi connectivity index (χ3v) is 2.46. The second-order valence-corrected chi connectivity index (χ2v) is 3.31. The van der Waals surface area contributed by atoms with Crippen LogP contribution in [0.4, 0.5) is 0 Å². The molecule has 1 aliphatic heterocycles. The van der Waals surface area contributed by atoms with Gasteiger partial charge < -0.3 is 10.5 Å². The van der Waals surface area contributed by atoms with Crippen LogP contribution >= 0.6 is 0 Å². The fraction of sp³-hybridized carbons (Fsp3) is 0.889. The summed E-state index contributed by atoms with van der Waals surface area (Å²) < 4.78 is 5.23. The van der Waals surface area contributed by atoms with Crippen LogP contribution in [0.3, 0.4) is 0 Å². The zero-order chi connectivity index (χ0) is 8.81. The minimum atomic E-state index is 0.202. The Labute approximate surface area is 73.5 Å². The molecule has 0 saturated carbocycles. The minimum Gasteiger partial charge on any atom is -0.381 e. The first-order valence-electron chi connectivity index (χ1n) is 4.55. The molecule has 0 aromatic rings. The molecule has 12 heavy (non-hydrogen) atoms. The lowest BCUT2D eigenvalue weighted by atomic mass is 9.90. The first kappa shape index (κ1) is 9.50. The van der Waals surface area contributed by atoms with Crippen molar-refractivity contribution in [3.63, 3.8) is 0 Å². The van der Waals surface area contributed by atoms with Crippen molar-refractivity contribution in [2.75, 3.05) is 13.2 Å². The van der Waals surface area contributed by atoms with E-state index in [2.05, 4.69) is 6.07 Å². The Hall–Kier alpha value is -0.590. The van der Waals surface area contributed by atoms with E-state index in [1.54, 1.807) is 0 Å². The van der Waals surface area contributed by atoms with Crippen LogP contribution in [0.25, 0.3) is 0 Å². The molecule has 0 aromatic heterocycles. The van der Waals surface area contributed by atoms with Gasteiger partial charge >= 0.3 is 0 Å². The van der Waals surface area contributed by atoms with E-state index >= 15 is 0 Å². The van der Waals surface area contributed by atoms with Gasteiger partial charge in [0.1, 0.15) is 0 Å². The predicted molar refractivity (Wildman–Crippen MR) is 46.4 cm³/mol. The van der Waals surface area contributed by atoms with Crippen molar-refractivity contribution in [3.8, 4) is 6.07 Å². The number of nitriles is 1. The van der Waals surface area contributed by atoms with Gasteiger partial charge in [-0.3, -0.25) is 0 Å². The monoisotopic (exact) mass is 168 g/mol. The lowest BCUT2D eigenvalue weighted by molar-refractivity contribution is 0.0577. The Bertz CT molecular complexity index is 158. The Morgan fingerprint density at radius 3 is 2.75 bits per heavy atom. The molecule has 0 radical (unpaired) electrons. The van der Waals surface area contributed by atoms with Gasteiger partial charge in [0.05, 0.1) is 6.07 Å². The number of hydrogen-bond donors (Lipinski definition) is 1. The second kappa shape index (κ2) is 5.13. The molecule has 0 bridgehead atoms. The fourth-order valence-electron chi connectivity index (χ4n) is 1.61. The van der Waals surface area contributed by atoms with Gasteiger partial charge in [-0.05, 0) is 25.2 Å². The van der Waals surface area contributed by atoms with Crippen LogP contribution < -0.4 is 5.73 Å². The molecule has 1 fully saturated rings. The summed E-state index contributed by atoms with van der Waals surface area (Å²) in [5.41, 5.74) is 5.93. The lowest BCUT2D eigenvalue weighted by Gasteiger charge is -2.26. The summed E-state index contributed by atoms with van der Waals surface area (Å²) in [5, 5.41) is 8.38. The molecule has 1 heterocycles. The third-order valence-electron chi connectivity index (χ3n) is 2.46. The van der Waals surface area contributed by atoms with E-state index in [9.17, 15) is 0 Å². The topological polar surface area (TPSA) is 59.0 Å². The summed E-state index contributed by atoms with van der Waals surface area (Å²) in [6.45, 7) is 1.68. The van der Waals surface area contributed by atoms with Crippen LogP contribution in [0.5, 0.6) is 0 Å². The van der Waals surface area contributed by atoms with Gasteiger partial charge in [-0.25, -0.2) is 0 Å². The Morgan fingerprint density at radius 1 is 1.50 bits per heavy atom. The maximum absolute atomic E-state index is 8.38. The maximum atomic E-state index is 8.38. The van der Waals surface area contributed by atoms with E-state index < -0.39 is 0 Å². The van der Waals surface area contributed by atoms with Gasteiger partial charge in [-0.2, -0.15) is 5.26 Å². The molecule has 1 saturated heterocycles. The molecule has 0 aliphatic carbocycles. The van der Waals surface area contributed by atoms with Crippen LogP contribution in [0, 0.1) is 17.2 Å². The van der Waals surface area contributed by atoms with Gasteiger partial charge in [0.15, 0.2) is 0 Å². The molecular formula is C9H16N2O. The third kappa shape index (κ3) is 2.80. The molecule has 3 nitrogen and oxygen atoms in total. The quantitative estimate of drug-likeness (QED) is 0.685. The highest BCUT2D eigenvalue weighted by atomic mass is 16.5. The van der Waals surface area contributed by atoms with Crippen molar-refractivity contribution in [2.24, 2.45) is 11.7 Å². The summed E-state index contributed by atoms with van der Waals surface area (Å²) in [7, 11) is 0. The largest absolute Gasteiger partial charge is 0.381 e. The van der Waals surface area contributed by atoms with E-state index in [0.717, 1.165) is 32.5 Å². The van der Waals surface area contributed by atoms with E-state index in [4.69, 9.17) is 15.7 Å². The molecule has 0 spiro atoms. The molecule has 1 atom stereocenters. The zero-order valence-electron chi connectivity index (χ0n) is 7.33. The van der Waals surface area contributed by atoms with Gasteiger partial charge in [0.25, 0.3) is 0 Å². The normalized spacial score (nSPS) is 21.7. The summed E-state index contributed by atoms with van der Waals surface area (Å²) in [6, 6.07) is 2.33. The van der Waals surface area contributed by atoms with Gasteiger partial charge in [-0.15, -0.1) is 0 Å². The average molecular weight is 168 g/mol. The minimum absolute atomic E-state index is 0.202. The number of nitrogens with zero attached hydrogens (tertiary/aromatic N) is 1. The molecule has 68 valence electrons. The smallest absolute Gasteiger partial charge is 0.0622 e. The maximum Gasteiger partial charge on any atom is 0.0622 e. The molecule has 1 unspecified atom stereocenters. The SMILES string of the molecule is N#CCCC(N)C1CCOCC1. The Balaban J connectivity index is 2.21. The van der Waals surface area contributed by atoms with E-state index in [-0.39, 0.29) is 6.04 Å². The predicted octanol–water partition coefficient (Wildman–Crippen LogP) is 1.04. The number of rotatable bonds is 3. The van der Waals surface area contributed by atoms with Gasteiger partial charge in [0.2, 0.25) is 0 Å². The zero-order valence-corrected chi connectivity index (χ0v) is 7.33. The number of hydrogen-bond acceptors (Lipinski definition) is 3. The fourth-order valence-corrected chi connectivity index (χ4v) is 1.61. The van der Waals surface area contributed by atoms with Crippen molar-refractivity contribution < 1.29 is 4.74 Å². The highest BCUT2D eigenvalue weighted by Crippen LogP contribution is 2.19. The molecule has 0 amide bonds. The lowest BCUT2D eigenvalue weighted by Crippen LogP contribution is -2.34. The highest BCUT2D eigenvalue weighted by Gasteiger charge is 2.20. The van der Waals surface area contributed by atoms with Crippen molar-refractivity contribution in [2.45, 2.75) is 31.7 Å². The Morgan fingerprint density at radius 2 is 2.17 bits per heavy atom. The standard InChI is InChI=1S/C9H16N2O/c10-5-1-2-9(11)8-3-6-12-7-4-8/h8-9H,1-4,6-7,11H2. The van der Waals surface area contributed by atoms with Crippen molar-refractivity contribution in [3.05, 3.63) is 0 Å². The molecular weight excluding hydrogens is 152 g/mol. The van der Waals surface area contributed by atoms with Crippen LogP contribution in [-0.4, -0.2) is 19.3 Å². The first-order valence-corrected chi connectivity index (χ1v) is 4.55. The van der Waals surface area contributed by atoms with E-state index in [1.165, 1.54) is 0 Å². The number of nitrogens with two attached hydrogens (primary N) is 1. The second-order valence-electron chi connectivity index (χ2n) is 3.31. The summed E-state index contributed by atoms with van der Waals surface area (Å²) in [5.74, 6) is 0.576. The first-order chi connectivity index (χ1) is 5.84. The van der Waals surface area contributed by atoms with Gasteiger partial charge in [-0.1, -0.05) is 0 Å². The number of ether oxygens (including phenoxy) is 1. The molecule has 0 aromatic carbocycles. The molecule has 2 N–H and O–H groups in total. The van der Waals surface area contributed by atoms with E-state index in [1.807, 2.05) is 0 Å².